The number of allylic oxidation sites excluding steroid dienone is 1. The summed E-state index contributed by atoms with van der Waals surface area (Å²) in [5, 5.41) is 9.63. The molecule has 3 heterocycles. The summed E-state index contributed by atoms with van der Waals surface area (Å²) in [5.74, 6) is -0.602. The smallest absolute Gasteiger partial charge is 0.200 e. The van der Waals surface area contributed by atoms with Crippen LogP contribution in [0.25, 0.3) is 0 Å². The van der Waals surface area contributed by atoms with Crippen LogP contribution >= 0.6 is 0 Å². The Hall–Kier alpha value is -2.95. The lowest BCUT2D eigenvalue weighted by molar-refractivity contribution is 0.0340. The van der Waals surface area contributed by atoms with Gasteiger partial charge in [0.1, 0.15) is 11.9 Å². The zero-order valence-corrected chi connectivity index (χ0v) is 13.2. The predicted molar refractivity (Wildman–Crippen MR) is 87.6 cm³/mol. The molecule has 2 aromatic rings. The fraction of sp³-hybridized carbons (Fsp3) is 0.222. The average molecular weight is 337 g/mol. The van der Waals surface area contributed by atoms with Crippen LogP contribution in [0.1, 0.15) is 23.1 Å². The van der Waals surface area contributed by atoms with Crippen molar-refractivity contribution >= 4 is 0 Å². The van der Waals surface area contributed by atoms with Crippen LogP contribution in [0, 0.1) is 23.1 Å². The van der Waals surface area contributed by atoms with E-state index in [0.717, 1.165) is 11.1 Å². The maximum atomic E-state index is 13.3. The number of ether oxygens (including phenoxy) is 1. The molecule has 6 nitrogen and oxygen atoms in total. The highest BCUT2D eigenvalue weighted by atomic mass is 19.1. The van der Waals surface area contributed by atoms with Gasteiger partial charge in [-0.1, -0.05) is 18.2 Å². The lowest BCUT2D eigenvalue weighted by atomic mass is 9.74. The van der Waals surface area contributed by atoms with Gasteiger partial charge in [-0.2, -0.15) is 5.26 Å². The van der Waals surface area contributed by atoms with Crippen molar-refractivity contribution < 1.29 is 9.13 Å². The molecule has 0 radical (unpaired) electrons. The van der Waals surface area contributed by atoms with E-state index in [0.29, 0.717) is 5.57 Å². The Kier molecular flexibility index (Phi) is 3.84. The first-order valence-corrected chi connectivity index (χ1v) is 7.92. The van der Waals surface area contributed by atoms with Gasteiger partial charge in [-0.3, -0.25) is 4.98 Å². The summed E-state index contributed by atoms with van der Waals surface area (Å²) in [5.41, 5.74) is 14.4. The van der Waals surface area contributed by atoms with Crippen molar-refractivity contribution in [1.82, 2.24) is 15.8 Å². The number of nitrogens with two attached hydrogens (primary N) is 1. The number of hydrazine groups is 1. The van der Waals surface area contributed by atoms with Gasteiger partial charge in [0.05, 0.1) is 11.6 Å². The van der Waals surface area contributed by atoms with E-state index in [1.807, 2.05) is 12.1 Å². The van der Waals surface area contributed by atoms with Gasteiger partial charge in [-0.25, -0.2) is 15.2 Å². The Morgan fingerprint density at radius 2 is 1.96 bits per heavy atom. The molecule has 0 bridgehead atoms. The van der Waals surface area contributed by atoms with Crippen LogP contribution in [0.2, 0.25) is 0 Å². The number of halogens is 1. The van der Waals surface area contributed by atoms with Gasteiger partial charge < -0.3 is 10.5 Å². The second kappa shape index (κ2) is 6.16. The molecule has 25 heavy (non-hydrogen) atoms. The lowest BCUT2D eigenvalue weighted by Crippen LogP contribution is -2.41. The molecule has 4 rings (SSSR count). The number of pyridine rings is 1. The lowest BCUT2D eigenvalue weighted by Gasteiger charge is -2.35. The maximum Gasteiger partial charge on any atom is 0.200 e. The molecular weight excluding hydrogens is 321 g/mol. The van der Waals surface area contributed by atoms with Crippen LogP contribution in [0.3, 0.4) is 0 Å². The molecule has 7 heteroatoms. The molecule has 0 aliphatic carbocycles. The van der Waals surface area contributed by atoms with Gasteiger partial charge >= 0.3 is 0 Å². The molecule has 126 valence electrons. The number of fused-ring (bicyclic) bond motifs is 1. The Balaban J connectivity index is 1.81. The largest absolute Gasteiger partial charge is 0.458 e. The third-order valence-corrected chi connectivity index (χ3v) is 4.72. The van der Waals surface area contributed by atoms with E-state index in [2.05, 4.69) is 21.9 Å². The molecule has 2 aliphatic rings. The monoisotopic (exact) mass is 337 g/mol. The standard InChI is InChI=1S/C18H16FN5O/c19-12-5-3-10(4-6-12)16-15-14(11-2-1-7-22-9-11)13(8-20)17(21)25-18(15)24-23-16/h1-7,9,14-16,18,23-24H,21H2. The van der Waals surface area contributed by atoms with Crippen molar-refractivity contribution in [2.75, 3.05) is 0 Å². The van der Waals surface area contributed by atoms with Gasteiger partial charge in [-0.15, -0.1) is 0 Å². The van der Waals surface area contributed by atoms with E-state index in [-0.39, 0.29) is 29.6 Å². The Morgan fingerprint density at radius 3 is 2.64 bits per heavy atom. The number of nitriles is 1. The first kappa shape index (κ1) is 15.6. The molecule has 0 saturated carbocycles. The van der Waals surface area contributed by atoms with Crippen LogP contribution in [0.4, 0.5) is 4.39 Å². The maximum absolute atomic E-state index is 13.3. The first-order chi connectivity index (χ1) is 12.2. The van der Waals surface area contributed by atoms with E-state index < -0.39 is 6.23 Å². The van der Waals surface area contributed by atoms with Crippen molar-refractivity contribution in [2.24, 2.45) is 11.7 Å². The van der Waals surface area contributed by atoms with Gasteiger partial charge in [0, 0.05) is 24.2 Å². The summed E-state index contributed by atoms with van der Waals surface area (Å²) in [7, 11) is 0. The number of aromatic nitrogens is 1. The van der Waals surface area contributed by atoms with Crippen LogP contribution in [0.15, 0.2) is 60.2 Å². The third-order valence-electron chi connectivity index (χ3n) is 4.72. The highest BCUT2D eigenvalue weighted by molar-refractivity contribution is 5.41. The zero-order valence-electron chi connectivity index (χ0n) is 13.2. The summed E-state index contributed by atoms with van der Waals surface area (Å²) in [6.45, 7) is 0. The second-order valence-corrected chi connectivity index (χ2v) is 6.09. The molecular formula is C18H16FN5O. The van der Waals surface area contributed by atoms with Crippen LogP contribution in [0.5, 0.6) is 0 Å². The molecule has 2 aliphatic heterocycles. The minimum absolute atomic E-state index is 0.117. The fourth-order valence-corrected chi connectivity index (χ4v) is 3.61. The third kappa shape index (κ3) is 2.61. The molecule has 4 atom stereocenters. The van der Waals surface area contributed by atoms with Gasteiger partial charge in [0.15, 0.2) is 6.23 Å². The number of rotatable bonds is 2. The van der Waals surface area contributed by atoms with Crippen LogP contribution < -0.4 is 16.6 Å². The zero-order chi connectivity index (χ0) is 17.4. The molecule has 1 fully saturated rings. The van der Waals surface area contributed by atoms with Crippen LogP contribution in [-0.2, 0) is 4.74 Å². The van der Waals surface area contributed by atoms with Gasteiger partial charge in [0.25, 0.3) is 0 Å². The number of nitrogens with zero attached hydrogens (tertiary/aromatic N) is 2. The van der Waals surface area contributed by atoms with Crippen molar-refractivity contribution in [3.05, 3.63) is 77.2 Å². The summed E-state index contributed by atoms with van der Waals surface area (Å²) in [6, 6.07) is 12.0. The fourth-order valence-electron chi connectivity index (χ4n) is 3.61. The second-order valence-electron chi connectivity index (χ2n) is 6.09. The SMILES string of the molecule is N#CC1=C(N)OC2NNC(c3ccc(F)cc3)C2C1c1cccnc1. The number of hydrogen-bond acceptors (Lipinski definition) is 6. The highest BCUT2D eigenvalue weighted by Crippen LogP contribution is 2.47. The van der Waals surface area contributed by atoms with Gasteiger partial charge in [0.2, 0.25) is 5.88 Å². The molecule has 1 saturated heterocycles. The van der Waals surface area contributed by atoms with Gasteiger partial charge in [-0.05, 0) is 29.3 Å². The van der Waals surface area contributed by atoms with Crippen LogP contribution in [-0.4, -0.2) is 11.2 Å². The Morgan fingerprint density at radius 1 is 1.16 bits per heavy atom. The van der Waals surface area contributed by atoms with E-state index in [9.17, 15) is 9.65 Å². The van der Waals surface area contributed by atoms with Crippen molar-refractivity contribution in [2.45, 2.75) is 18.2 Å². The normalized spacial score (nSPS) is 28.2. The molecule has 4 unspecified atom stereocenters. The molecule has 1 aromatic heterocycles. The summed E-state index contributed by atoms with van der Waals surface area (Å²) < 4.78 is 19.0. The first-order valence-electron chi connectivity index (χ1n) is 7.92. The molecule has 4 N–H and O–H groups in total. The number of benzene rings is 1. The van der Waals surface area contributed by atoms with E-state index in [1.165, 1.54) is 12.1 Å². The molecule has 0 amide bonds. The van der Waals surface area contributed by atoms with E-state index in [4.69, 9.17) is 10.5 Å². The summed E-state index contributed by atoms with van der Waals surface area (Å²) in [4.78, 5) is 4.17. The predicted octanol–water partition coefficient (Wildman–Crippen LogP) is 1.82. The van der Waals surface area contributed by atoms with E-state index >= 15 is 0 Å². The molecule has 0 spiro atoms. The summed E-state index contributed by atoms with van der Waals surface area (Å²) in [6.07, 6.45) is 3.01. The number of hydrogen-bond donors (Lipinski definition) is 3. The minimum Gasteiger partial charge on any atom is -0.458 e. The van der Waals surface area contributed by atoms with Crippen molar-refractivity contribution in [3.8, 4) is 6.07 Å². The van der Waals surface area contributed by atoms with Crippen molar-refractivity contribution in [1.29, 1.82) is 5.26 Å². The highest BCUT2D eigenvalue weighted by Gasteiger charge is 2.49. The number of nitrogens with one attached hydrogen (secondary N) is 2. The van der Waals surface area contributed by atoms with Crippen molar-refractivity contribution in [3.63, 3.8) is 0 Å². The quantitative estimate of drug-likeness (QED) is 0.774. The topological polar surface area (TPSA) is 96.0 Å². The minimum atomic E-state index is -0.405. The van der Waals surface area contributed by atoms with E-state index in [1.54, 1.807) is 24.5 Å². The summed E-state index contributed by atoms with van der Waals surface area (Å²) >= 11 is 0. The molecule has 1 aromatic carbocycles. The average Bonchev–Trinajstić information content (AvgIpc) is 3.05. The Labute approximate surface area is 144 Å². The Bertz CT molecular complexity index is 846.